The molecule has 0 aromatic heterocycles. The van der Waals surface area contributed by atoms with Gasteiger partial charge in [-0.05, 0) is 43.3 Å². The van der Waals surface area contributed by atoms with Gasteiger partial charge >= 0.3 is 11.8 Å². The zero-order valence-corrected chi connectivity index (χ0v) is 12.2. The Balaban J connectivity index is 1.96. The van der Waals surface area contributed by atoms with Gasteiger partial charge in [0.15, 0.2) is 11.6 Å². The summed E-state index contributed by atoms with van der Waals surface area (Å²) in [7, 11) is 0. The Hall–Kier alpha value is -2.96. The summed E-state index contributed by atoms with van der Waals surface area (Å²) in [6.45, 7) is 2.36. The first-order valence-corrected chi connectivity index (χ1v) is 6.80. The summed E-state index contributed by atoms with van der Waals surface area (Å²) in [5.74, 6) is -3.45. The van der Waals surface area contributed by atoms with Crippen LogP contribution >= 0.6 is 0 Å². The highest BCUT2D eigenvalue weighted by atomic mass is 19.2. The molecular formula is C16H14F2N2O3. The van der Waals surface area contributed by atoms with Crippen LogP contribution in [0.4, 0.5) is 20.2 Å². The molecule has 2 aromatic rings. The molecule has 2 amide bonds. The highest BCUT2D eigenvalue weighted by Gasteiger charge is 2.15. The van der Waals surface area contributed by atoms with E-state index in [4.69, 9.17) is 4.74 Å². The van der Waals surface area contributed by atoms with E-state index in [1.807, 2.05) is 6.92 Å². The van der Waals surface area contributed by atoms with Crippen molar-refractivity contribution in [3.8, 4) is 5.75 Å². The number of amides is 2. The molecule has 0 radical (unpaired) electrons. The van der Waals surface area contributed by atoms with Crippen molar-refractivity contribution in [3.63, 3.8) is 0 Å². The monoisotopic (exact) mass is 320 g/mol. The van der Waals surface area contributed by atoms with Crippen LogP contribution in [0.15, 0.2) is 42.5 Å². The summed E-state index contributed by atoms with van der Waals surface area (Å²) in [4.78, 5) is 23.5. The molecule has 0 saturated carbocycles. The molecule has 0 fully saturated rings. The first-order chi connectivity index (χ1) is 11.0. The van der Waals surface area contributed by atoms with E-state index in [0.717, 1.165) is 18.2 Å². The van der Waals surface area contributed by atoms with Crippen LogP contribution in [0.5, 0.6) is 5.75 Å². The molecule has 120 valence electrons. The quantitative estimate of drug-likeness (QED) is 0.851. The number of benzene rings is 2. The van der Waals surface area contributed by atoms with Crippen LogP contribution < -0.4 is 15.4 Å². The first kappa shape index (κ1) is 16.4. The number of anilines is 2. The van der Waals surface area contributed by atoms with Gasteiger partial charge in [-0.3, -0.25) is 9.59 Å². The molecule has 0 saturated heterocycles. The van der Waals surface area contributed by atoms with Crippen LogP contribution in [0.2, 0.25) is 0 Å². The molecule has 23 heavy (non-hydrogen) atoms. The summed E-state index contributed by atoms with van der Waals surface area (Å²) in [5.41, 5.74) is 0.384. The molecule has 0 atom stereocenters. The van der Waals surface area contributed by atoms with Gasteiger partial charge in [-0.2, -0.15) is 0 Å². The standard InChI is InChI=1S/C16H14F2N2O3/c1-2-23-12-6-3-10(4-7-12)19-15(21)16(22)20-11-5-8-13(17)14(18)9-11/h3-9H,2H2,1H3,(H,19,21)(H,20,22). The van der Waals surface area contributed by atoms with Crippen LogP contribution in [0.3, 0.4) is 0 Å². The van der Waals surface area contributed by atoms with E-state index in [-0.39, 0.29) is 5.69 Å². The van der Waals surface area contributed by atoms with E-state index in [1.165, 1.54) is 0 Å². The highest BCUT2D eigenvalue weighted by Crippen LogP contribution is 2.16. The second-order valence-electron chi connectivity index (χ2n) is 4.49. The number of carbonyl (C=O) groups excluding carboxylic acids is 2. The third-order valence-electron chi connectivity index (χ3n) is 2.81. The molecule has 0 aliphatic rings. The normalized spacial score (nSPS) is 10.0. The number of hydrogen-bond donors (Lipinski definition) is 2. The fourth-order valence-electron chi connectivity index (χ4n) is 1.75. The lowest BCUT2D eigenvalue weighted by Gasteiger charge is -2.08. The molecule has 2 rings (SSSR count). The van der Waals surface area contributed by atoms with Gasteiger partial charge in [-0.15, -0.1) is 0 Å². The largest absolute Gasteiger partial charge is 0.494 e. The highest BCUT2D eigenvalue weighted by molar-refractivity contribution is 6.43. The number of hydrogen-bond acceptors (Lipinski definition) is 3. The average Bonchev–Trinajstić information content (AvgIpc) is 2.53. The van der Waals surface area contributed by atoms with Crippen molar-refractivity contribution in [2.75, 3.05) is 17.2 Å². The van der Waals surface area contributed by atoms with E-state index in [0.29, 0.717) is 18.0 Å². The smallest absolute Gasteiger partial charge is 0.314 e. The van der Waals surface area contributed by atoms with Crippen LogP contribution in [-0.2, 0) is 9.59 Å². The third-order valence-corrected chi connectivity index (χ3v) is 2.81. The summed E-state index contributed by atoms with van der Waals surface area (Å²) in [5, 5.41) is 4.56. The van der Waals surface area contributed by atoms with Crippen molar-refractivity contribution in [2.24, 2.45) is 0 Å². The van der Waals surface area contributed by atoms with Crippen LogP contribution in [0, 0.1) is 11.6 Å². The second-order valence-corrected chi connectivity index (χ2v) is 4.49. The first-order valence-electron chi connectivity index (χ1n) is 6.80. The summed E-state index contributed by atoms with van der Waals surface area (Å²) in [6, 6.07) is 9.24. The van der Waals surface area contributed by atoms with Gasteiger partial charge in [0, 0.05) is 17.4 Å². The molecule has 0 bridgehead atoms. The van der Waals surface area contributed by atoms with Crippen molar-refractivity contribution in [2.45, 2.75) is 6.92 Å². The Morgan fingerprint density at radius 1 is 0.913 bits per heavy atom. The molecule has 7 heteroatoms. The Morgan fingerprint density at radius 3 is 2.04 bits per heavy atom. The number of halogens is 2. The summed E-state index contributed by atoms with van der Waals surface area (Å²) in [6.07, 6.45) is 0. The van der Waals surface area contributed by atoms with Gasteiger partial charge in [0.25, 0.3) is 0 Å². The fourth-order valence-corrected chi connectivity index (χ4v) is 1.75. The molecule has 0 aliphatic carbocycles. The van der Waals surface area contributed by atoms with E-state index in [9.17, 15) is 18.4 Å². The molecular weight excluding hydrogens is 306 g/mol. The van der Waals surface area contributed by atoms with Crippen molar-refractivity contribution in [1.29, 1.82) is 0 Å². The Labute approximate surface area is 131 Å². The van der Waals surface area contributed by atoms with Crippen LogP contribution in [-0.4, -0.2) is 18.4 Å². The number of carbonyl (C=O) groups is 2. The molecule has 0 unspecified atom stereocenters. The van der Waals surface area contributed by atoms with Gasteiger partial charge in [-0.1, -0.05) is 0 Å². The average molecular weight is 320 g/mol. The van der Waals surface area contributed by atoms with E-state index in [1.54, 1.807) is 24.3 Å². The fraction of sp³-hybridized carbons (Fsp3) is 0.125. The minimum Gasteiger partial charge on any atom is -0.494 e. The Morgan fingerprint density at radius 2 is 1.48 bits per heavy atom. The lowest BCUT2D eigenvalue weighted by molar-refractivity contribution is -0.133. The van der Waals surface area contributed by atoms with E-state index < -0.39 is 23.4 Å². The maximum absolute atomic E-state index is 13.0. The molecule has 0 heterocycles. The van der Waals surface area contributed by atoms with Gasteiger partial charge in [0.1, 0.15) is 5.75 Å². The Bertz CT molecular complexity index is 718. The van der Waals surface area contributed by atoms with Crippen molar-refractivity contribution >= 4 is 23.2 Å². The van der Waals surface area contributed by atoms with Crippen molar-refractivity contribution in [3.05, 3.63) is 54.1 Å². The third kappa shape index (κ3) is 4.50. The number of ether oxygens (including phenoxy) is 1. The zero-order valence-electron chi connectivity index (χ0n) is 12.2. The minimum absolute atomic E-state index is 0.0178. The minimum atomic E-state index is -1.12. The van der Waals surface area contributed by atoms with E-state index >= 15 is 0 Å². The maximum Gasteiger partial charge on any atom is 0.314 e. The van der Waals surface area contributed by atoms with Crippen molar-refractivity contribution in [1.82, 2.24) is 0 Å². The molecule has 0 aliphatic heterocycles. The summed E-state index contributed by atoms with van der Waals surface area (Å²) >= 11 is 0. The Kier molecular flexibility index (Phi) is 5.24. The van der Waals surface area contributed by atoms with Crippen LogP contribution in [0.1, 0.15) is 6.92 Å². The topological polar surface area (TPSA) is 67.4 Å². The summed E-state index contributed by atoms with van der Waals surface area (Å²) < 4.78 is 31.1. The zero-order chi connectivity index (χ0) is 16.8. The van der Waals surface area contributed by atoms with Gasteiger partial charge in [0.2, 0.25) is 0 Å². The van der Waals surface area contributed by atoms with E-state index in [2.05, 4.69) is 10.6 Å². The molecule has 5 nitrogen and oxygen atoms in total. The number of rotatable bonds is 4. The second kappa shape index (κ2) is 7.35. The molecule has 2 aromatic carbocycles. The SMILES string of the molecule is CCOc1ccc(NC(=O)C(=O)Nc2ccc(F)c(F)c2)cc1. The predicted octanol–water partition coefficient (Wildman–Crippen LogP) is 2.94. The molecule has 0 spiro atoms. The van der Waals surface area contributed by atoms with Crippen LogP contribution in [0.25, 0.3) is 0 Å². The molecule has 2 N–H and O–H groups in total. The lowest BCUT2D eigenvalue weighted by Crippen LogP contribution is -2.29. The number of nitrogens with one attached hydrogen (secondary N) is 2. The van der Waals surface area contributed by atoms with Gasteiger partial charge < -0.3 is 15.4 Å². The van der Waals surface area contributed by atoms with Gasteiger partial charge in [0.05, 0.1) is 6.61 Å². The predicted molar refractivity (Wildman–Crippen MR) is 81.2 cm³/mol. The van der Waals surface area contributed by atoms with Gasteiger partial charge in [-0.25, -0.2) is 8.78 Å². The lowest BCUT2D eigenvalue weighted by atomic mass is 10.3. The maximum atomic E-state index is 13.0. The van der Waals surface area contributed by atoms with Crippen molar-refractivity contribution < 1.29 is 23.1 Å².